The number of hydrogen-bond donors (Lipinski definition) is 1. The Morgan fingerprint density at radius 3 is 2.09 bits per heavy atom. The molecule has 0 aliphatic carbocycles. The summed E-state index contributed by atoms with van der Waals surface area (Å²) in [5, 5.41) is 8.52. The SMILES string of the molecule is CCC(C)(CC(C)C(=O)OCCC(=O)O)C(=O)OC(C)(C)C. The van der Waals surface area contributed by atoms with Crippen molar-refractivity contribution in [3.8, 4) is 0 Å². The topological polar surface area (TPSA) is 89.9 Å². The Kier molecular flexibility index (Phi) is 7.56. The first kappa shape index (κ1) is 20.4. The van der Waals surface area contributed by atoms with E-state index in [1.807, 2.05) is 6.92 Å². The predicted molar refractivity (Wildman–Crippen MR) is 81.2 cm³/mol. The lowest BCUT2D eigenvalue weighted by molar-refractivity contribution is -0.169. The van der Waals surface area contributed by atoms with Gasteiger partial charge >= 0.3 is 17.9 Å². The fourth-order valence-corrected chi connectivity index (χ4v) is 1.91. The van der Waals surface area contributed by atoms with Gasteiger partial charge in [0.2, 0.25) is 0 Å². The molecule has 0 spiro atoms. The minimum Gasteiger partial charge on any atom is -0.481 e. The average Bonchev–Trinajstić information content (AvgIpc) is 2.35. The molecule has 0 heterocycles. The molecule has 0 aromatic rings. The summed E-state index contributed by atoms with van der Waals surface area (Å²) in [4.78, 5) is 34.6. The minimum atomic E-state index is -1.02. The first-order valence-corrected chi connectivity index (χ1v) is 7.53. The average molecular weight is 316 g/mol. The number of esters is 2. The Balaban J connectivity index is 4.66. The summed E-state index contributed by atoms with van der Waals surface area (Å²) in [6.45, 7) is 10.5. The molecular weight excluding hydrogens is 288 g/mol. The molecule has 0 saturated carbocycles. The van der Waals surface area contributed by atoms with Crippen molar-refractivity contribution >= 4 is 17.9 Å². The van der Waals surface area contributed by atoms with Gasteiger partial charge < -0.3 is 14.6 Å². The number of carboxylic acids is 1. The van der Waals surface area contributed by atoms with Gasteiger partial charge in [-0.05, 0) is 40.5 Å². The summed E-state index contributed by atoms with van der Waals surface area (Å²) in [7, 11) is 0. The van der Waals surface area contributed by atoms with Gasteiger partial charge in [-0.2, -0.15) is 0 Å². The third-order valence-corrected chi connectivity index (χ3v) is 3.39. The highest BCUT2D eigenvalue weighted by Crippen LogP contribution is 2.33. The Hall–Kier alpha value is -1.59. The molecule has 128 valence electrons. The summed E-state index contributed by atoms with van der Waals surface area (Å²) < 4.78 is 10.3. The molecule has 0 aromatic carbocycles. The zero-order valence-corrected chi connectivity index (χ0v) is 14.4. The van der Waals surface area contributed by atoms with Crippen molar-refractivity contribution < 1.29 is 29.0 Å². The molecule has 0 aliphatic heterocycles. The Labute approximate surface area is 132 Å². The van der Waals surface area contributed by atoms with E-state index in [0.717, 1.165) is 0 Å². The van der Waals surface area contributed by atoms with Gasteiger partial charge in [-0.25, -0.2) is 0 Å². The van der Waals surface area contributed by atoms with Crippen LogP contribution in [0.3, 0.4) is 0 Å². The van der Waals surface area contributed by atoms with Gasteiger partial charge in [0.15, 0.2) is 0 Å². The van der Waals surface area contributed by atoms with Crippen molar-refractivity contribution in [2.24, 2.45) is 11.3 Å². The fraction of sp³-hybridized carbons (Fsp3) is 0.812. The first-order valence-electron chi connectivity index (χ1n) is 7.53. The highest BCUT2D eigenvalue weighted by molar-refractivity contribution is 5.79. The van der Waals surface area contributed by atoms with Crippen LogP contribution in [0.1, 0.15) is 60.8 Å². The van der Waals surface area contributed by atoms with E-state index in [0.29, 0.717) is 12.8 Å². The maximum atomic E-state index is 12.3. The van der Waals surface area contributed by atoms with E-state index in [-0.39, 0.29) is 19.0 Å². The van der Waals surface area contributed by atoms with Gasteiger partial charge in [0.05, 0.1) is 17.8 Å². The molecule has 6 heteroatoms. The predicted octanol–water partition coefficient (Wildman–Crippen LogP) is 2.79. The zero-order valence-electron chi connectivity index (χ0n) is 14.4. The maximum absolute atomic E-state index is 12.3. The van der Waals surface area contributed by atoms with Crippen LogP contribution in [0.4, 0.5) is 0 Å². The number of carboxylic acid groups (broad SMARTS) is 1. The molecule has 6 nitrogen and oxygen atoms in total. The van der Waals surface area contributed by atoms with E-state index in [1.165, 1.54) is 0 Å². The Bertz CT molecular complexity index is 409. The Morgan fingerprint density at radius 1 is 1.14 bits per heavy atom. The smallest absolute Gasteiger partial charge is 0.312 e. The van der Waals surface area contributed by atoms with E-state index in [4.69, 9.17) is 14.6 Å². The number of ether oxygens (including phenoxy) is 2. The molecule has 22 heavy (non-hydrogen) atoms. The van der Waals surface area contributed by atoms with Crippen LogP contribution in [-0.4, -0.2) is 35.2 Å². The summed E-state index contributed by atoms with van der Waals surface area (Å²) in [6.07, 6.45) is 0.606. The van der Waals surface area contributed by atoms with Crippen LogP contribution in [0, 0.1) is 11.3 Å². The van der Waals surface area contributed by atoms with Crippen molar-refractivity contribution in [3.63, 3.8) is 0 Å². The van der Waals surface area contributed by atoms with Crippen LogP contribution in [0.5, 0.6) is 0 Å². The van der Waals surface area contributed by atoms with Crippen molar-refractivity contribution in [1.29, 1.82) is 0 Å². The van der Waals surface area contributed by atoms with Crippen molar-refractivity contribution in [2.75, 3.05) is 6.61 Å². The van der Waals surface area contributed by atoms with E-state index in [1.54, 1.807) is 34.6 Å². The van der Waals surface area contributed by atoms with Crippen molar-refractivity contribution in [2.45, 2.75) is 66.4 Å². The lowest BCUT2D eigenvalue weighted by Crippen LogP contribution is -2.37. The second-order valence-corrected chi connectivity index (χ2v) is 6.83. The second-order valence-electron chi connectivity index (χ2n) is 6.83. The molecule has 0 aliphatic rings. The second kappa shape index (κ2) is 8.15. The molecule has 1 N–H and O–H groups in total. The standard InChI is InChI=1S/C16H28O6/c1-7-16(6,14(20)22-15(3,4)5)10-11(2)13(19)21-9-8-12(17)18/h11H,7-10H2,1-6H3,(H,17,18). The lowest BCUT2D eigenvalue weighted by atomic mass is 9.79. The molecule has 2 atom stereocenters. The molecular formula is C16H28O6. The van der Waals surface area contributed by atoms with Gasteiger partial charge in [0.25, 0.3) is 0 Å². The van der Waals surface area contributed by atoms with Crippen molar-refractivity contribution in [3.05, 3.63) is 0 Å². The van der Waals surface area contributed by atoms with Crippen molar-refractivity contribution in [1.82, 2.24) is 0 Å². The summed E-state index contributed by atoms with van der Waals surface area (Å²) in [6, 6.07) is 0. The quantitative estimate of drug-likeness (QED) is 0.693. The molecule has 0 aromatic heterocycles. The van der Waals surface area contributed by atoms with Crippen LogP contribution < -0.4 is 0 Å². The normalized spacial score (nSPS) is 15.5. The van der Waals surface area contributed by atoms with Crippen LogP contribution in [0.15, 0.2) is 0 Å². The van der Waals surface area contributed by atoms with E-state index < -0.39 is 28.9 Å². The van der Waals surface area contributed by atoms with Gasteiger partial charge in [-0.3, -0.25) is 14.4 Å². The van der Waals surface area contributed by atoms with E-state index >= 15 is 0 Å². The summed E-state index contributed by atoms with van der Waals surface area (Å²) in [5.74, 6) is -2.36. The number of carbonyl (C=O) groups is 3. The van der Waals surface area contributed by atoms with E-state index in [2.05, 4.69) is 0 Å². The van der Waals surface area contributed by atoms with Gasteiger partial charge in [0.1, 0.15) is 12.2 Å². The summed E-state index contributed by atoms with van der Waals surface area (Å²) in [5.41, 5.74) is -1.36. The molecule has 2 unspecified atom stereocenters. The van der Waals surface area contributed by atoms with Crippen LogP contribution >= 0.6 is 0 Å². The lowest BCUT2D eigenvalue weighted by Gasteiger charge is -2.32. The van der Waals surface area contributed by atoms with E-state index in [9.17, 15) is 14.4 Å². The molecule has 0 amide bonds. The molecule has 0 fully saturated rings. The number of carbonyl (C=O) groups excluding carboxylic acids is 2. The maximum Gasteiger partial charge on any atom is 0.312 e. The van der Waals surface area contributed by atoms with Crippen LogP contribution in [-0.2, 0) is 23.9 Å². The minimum absolute atomic E-state index is 0.159. The zero-order chi connectivity index (χ0) is 17.6. The number of aliphatic carboxylic acids is 1. The highest BCUT2D eigenvalue weighted by atomic mass is 16.6. The molecule has 0 bridgehead atoms. The van der Waals surface area contributed by atoms with Gasteiger partial charge in [-0.1, -0.05) is 13.8 Å². The van der Waals surface area contributed by atoms with Gasteiger partial charge in [0, 0.05) is 0 Å². The van der Waals surface area contributed by atoms with Crippen LogP contribution in [0.25, 0.3) is 0 Å². The largest absolute Gasteiger partial charge is 0.481 e. The fourth-order valence-electron chi connectivity index (χ4n) is 1.91. The number of rotatable bonds is 8. The number of hydrogen-bond acceptors (Lipinski definition) is 5. The molecule has 0 saturated heterocycles. The summed E-state index contributed by atoms with van der Waals surface area (Å²) >= 11 is 0. The molecule has 0 radical (unpaired) electrons. The van der Waals surface area contributed by atoms with Crippen LogP contribution in [0.2, 0.25) is 0 Å². The highest BCUT2D eigenvalue weighted by Gasteiger charge is 2.38. The molecule has 0 rings (SSSR count). The monoisotopic (exact) mass is 316 g/mol. The third-order valence-electron chi connectivity index (χ3n) is 3.39. The van der Waals surface area contributed by atoms with Gasteiger partial charge in [-0.15, -0.1) is 0 Å². The first-order chi connectivity index (χ1) is 9.91. The Morgan fingerprint density at radius 2 is 1.68 bits per heavy atom. The third kappa shape index (κ3) is 7.43.